The molecule has 2 aliphatic heterocycles. The van der Waals surface area contributed by atoms with Crippen molar-refractivity contribution >= 4 is 33.1 Å². The van der Waals surface area contributed by atoms with Crippen LogP contribution < -0.4 is 0 Å². The van der Waals surface area contributed by atoms with Crippen LogP contribution in [0.1, 0.15) is 72.1 Å². The molecule has 3 fully saturated rings. The summed E-state index contributed by atoms with van der Waals surface area (Å²) in [5.74, 6) is 2.01. The lowest BCUT2D eigenvalue weighted by Gasteiger charge is -2.35. The SMILES string of the molecule is Cc1c(-c2[nH]c3sc(C4C[C@@H]5C[C@H]4CN5CC(=O)N4CCC4)c(C)c3c2C(C)C)cn2ncnc2c1C. The fourth-order valence-electron chi connectivity index (χ4n) is 7.25. The van der Waals surface area contributed by atoms with Gasteiger partial charge in [0.05, 0.1) is 12.2 Å². The third kappa shape index (κ3) is 3.44. The number of piperidine rings is 1. The Kier molecular flexibility index (Phi) is 5.31. The van der Waals surface area contributed by atoms with Gasteiger partial charge in [0, 0.05) is 47.7 Å². The molecule has 1 aliphatic carbocycles. The predicted octanol–water partition coefficient (Wildman–Crippen LogP) is 5.40. The van der Waals surface area contributed by atoms with Crippen LogP contribution in [0.3, 0.4) is 0 Å². The monoisotopic (exact) mass is 516 g/mol. The van der Waals surface area contributed by atoms with Gasteiger partial charge in [0.1, 0.15) is 11.2 Å². The van der Waals surface area contributed by atoms with E-state index in [9.17, 15) is 4.79 Å². The van der Waals surface area contributed by atoms with E-state index >= 15 is 0 Å². The van der Waals surface area contributed by atoms with Crippen LogP contribution in [0.25, 0.3) is 27.1 Å². The van der Waals surface area contributed by atoms with E-state index in [0.717, 1.165) is 25.3 Å². The summed E-state index contributed by atoms with van der Waals surface area (Å²) in [5.41, 5.74) is 8.69. The van der Waals surface area contributed by atoms with Gasteiger partial charge in [-0.3, -0.25) is 9.69 Å². The zero-order valence-corrected chi connectivity index (χ0v) is 23.3. The maximum atomic E-state index is 12.6. The quantitative estimate of drug-likeness (QED) is 0.386. The van der Waals surface area contributed by atoms with Crippen molar-refractivity contribution < 1.29 is 4.79 Å². The number of amides is 1. The molecule has 1 amide bonds. The lowest BCUT2D eigenvalue weighted by atomic mass is 9.88. The summed E-state index contributed by atoms with van der Waals surface area (Å²) < 4.78 is 1.91. The van der Waals surface area contributed by atoms with E-state index in [1.54, 1.807) is 11.2 Å². The van der Waals surface area contributed by atoms with Crippen molar-refractivity contribution in [2.24, 2.45) is 5.92 Å². The Bertz CT molecular complexity index is 1540. The first kappa shape index (κ1) is 23.4. The molecule has 1 saturated carbocycles. The molecule has 0 radical (unpaired) electrons. The van der Waals surface area contributed by atoms with E-state index < -0.39 is 0 Å². The number of carbonyl (C=O) groups excluding carboxylic acids is 1. The maximum Gasteiger partial charge on any atom is 0.236 e. The van der Waals surface area contributed by atoms with Gasteiger partial charge in [-0.15, -0.1) is 11.3 Å². The van der Waals surface area contributed by atoms with Crippen molar-refractivity contribution in [1.29, 1.82) is 0 Å². The predicted molar refractivity (Wildman–Crippen MR) is 148 cm³/mol. The highest BCUT2D eigenvalue weighted by atomic mass is 32.1. The third-order valence-corrected chi connectivity index (χ3v) is 10.8. The van der Waals surface area contributed by atoms with Gasteiger partial charge >= 0.3 is 0 Å². The second kappa shape index (κ2) is 8.40. The van der Waals surface area contributed by atoms with Gasteiger partial charge in [-0.1, -0.05) is 13.8 Å². The first-order chi connectivity index (χ1) is 17.8. The van der Waals surface area contributed by atoms with E-state index in [-0.39, 0.29) is 0 Å². The minimum absolute atomic E-state index is 0.333. The average Bonchev–Trinajstić information content (AvgIpc) is 3.62. The summed E-state index contributed by atoms with van der Waals surface area (Å²) in [7, 11) is 0. The Labute approximate surface area is 221 Å². The molecule has 8 heteroatoms. The second-order valence-corrected chi connectivity index (χ2v) is 12.9. The van der Waals surface area contributed by atoms with Crippen molar-refractivity contribution in [2.75, 3.05) is 26.2 Å². The number of H-pyrrole nitrogens is 1. The van der Waals surface area contributed by atoms with Gasteiger partial charge in [-0.25, -0.2) is 9.50 Å². The third-order valence-electron chi connectivity index (χ3n) is 9.47. The molecule has 7 nitrogen and oxygen atoms in total. The largest absolute Gasteiger partial charge is 0.346 e. The summed E-state index contributed by atoms with van der Waals surface area (Å²) in [5, 5.41) is 5.86. The van der Waals surface area contributed by atoms with Crippen molar-refractivity contribution in [2.45, 2.75) is 71.8 Å². The summed E-state index contributed by atoms with van der Waals surface area (Å²) in [6.07, 6.45) is 7.36. The first-order valence-electron chi connectivity index (χ1n) is 13.8. The highest BCUT2D eigenvalue weighted by molar-refractivity contribution is 7.19. The molecule has 0 aromatic carbocycles. The maximum absolute atomic E-state index is 12.6. The molecule has 4 aromatic heterocycles. The van der Waals surface area contributed by atoms with E-state index in [4.69, 9.17) is 0 Å². The van der Waals surface area contributed by atoms with Crippen LogP contribution in [0.5, 0.6) is 0 Å². The Balaban J connectivity index is 1.22. The Morgan fingerprint density at radius 2 is 1.97 bits per heavy atom. The van der Waals surface area contributed by atoms with Crippen LogP contribution >= 0.6 is 11.3 Å². The van der Waals surface area contributed by atoms with Crippen molar-refractivity contribution in [3.63, 3.8) is 0 Å². The highest BCUT2D eigenvalue weighted by Gasteiger charge is 2.47. The highest BCUT2D eigenvalue weighted by Crippen LogP contribution is 2.53. The van der Waals surface area contributed by atoms with Crippen molar-refractivity contribution in [3.8, 4) is 11.3 Å². The van der Waals surface area contributed by atoms with E-state index in [1.165, 1.54) is 63.0 Å². The molecule has 1 unspecified atom stereocenters. The minimum atomic E-state index is 0.333. The van der Waals surface area contributed by atoms with Gasteiger partial charge < -0.3 is 9.88 Å². The average molecular weight is 517 g/mol. The van der Waals surface area contributed by atoms with Gasteiger partial charge in [0.15, 0.2) is 5.65 Å². The number of fused-ring (bicyclic) bond motifs is 4. The number of aromatic amines is 1. The number of aromatic nitrogens is 4. The van der Waals surface area contributed by atoms with Crippen molar-refractivity contribution in [3.05, 3.63) is 39.7 Å². The van der Waals surface area contributed by atoms with E-state index in [2.05, 4.69) is 60.8 Å². The van der Waals surface area contributed by atoms with Crippen molar-refractivity contribution in [1.82, 2.24) is 29.4 Å². The molecule has 7 rings (SSSR count). The number of nitrogens with one attached hydrogen (secondary N) is 1. The minimum Gasteiger partial charge on any atom is -0.346 e. The molecule has 2 bridgehead atoms. The van der Waals surface area contributed by atoms with Gasteiger partial charge in [0.25, 0.3) is 0 Å². The molecule has 37 heavy (non-hydrogen) atoms. The van der Waals surface area contributed by atoms with E-state index in [0.29, 0.717) is 36.2 Å². The van der Waals surface area contributed by atoms with Crippen LogP contribution in [0.15, 0.2) is 12.5 Å². The normalized spacial score (nSPS) is 23.7. The summed E-state index contributed by atoms with van der Waals surface area (Å²) in [4.78, 5) is 28.2. The van der Waals surface area contributed by atoms with Crippen LogP contribution in [0, 0.1) is 26.7 Å². The molecule has 6 heterocycles. The molecular weight excluding hydrogens is 480 g/mol. The fourth-order valence-corrected chi connectivity index (χ4v) is 8.68. The molecule has 4 aromatic rings. The number of hydrogen-bond acceptors (Lipinski definition) is 5. The molecule has 2 saturated heterocycles. The van der Waals surface area contributed by atoms with E-state index in [1.807, 2.05) is 20.8 Å². The number of nitrogens with zero attached hydrogens (tertiary/aromatic N) is 5. The van der Waals surface area contributed by atoms with Crippen LogP contribution in [-0.2, 0) is 4.79 Å². The Morgan fingerprint density at radius 3 is 2.65 bits per heavy atom. The number of carbonyl (C=O) groups is 1. The number of likely N-dealkylation sites (tertiary alicyclic amines) is 2. The molecule has 194 valence electrons. The summed E-state index contributed by atoms with van der Waals surface area (Å²) in [6.45, 7) is 14.9. The fraction of sp³-hybridized carbons (Fsp3) is 0.552. The lowest BCUT2D eigenvalue weighted by molar-refractivity contribution is -0.136. The lowest BCUT2D eigenvalue weighted by Crippen LogP contribution is -2.49. The number of thiophene rings is 1. The molecular formula is C29H36N6OS. The van der Waals surface area contributed by atoms with Gasteiger partial charge in [0.2, 0.25) is 5.91 Å². The molecule has 3 atom stereocenters. The molecule has 1 N–H and O–H groups in total. The number of aryl methyl sites for hydroxylation is 2. The zero-order valence-electron chi connectivity index (χ0n) is 22.5. The molecule has 0 spiro atoms. The number of rotatable bonds is 5. The number of hydrogen-bond donors (Lipinski definition) is 1. The van der Waals surface area contributed by atoms with Crippen LogP contribution in [0.4, 0.5) is 0 Å². The Hall–Kier alpha value is -2.71. The Morgan fingerprint density at radius 1 is 1.16 bits per heavy atom. The molecule has 3 aliphatic rings. The smallest absolute Gasteiger partial charge is 0.236 e. The summed E-state index contributed by atoms with van der Waals surface area (Å²) >= 11 is 1.97. The van der Waals surface area contributed by atoms with Gasteiger partial charge in [-0.05, 0) is 80.0 Å². The van der Waals surface area contributed by atoms with Crippen LogP contribution in [-0.4, -0.2) is 67.5 Å². The summed E-state index contributed by atoms with van der Waals surface area (Å²) in [6, 6.07) is 0.556. The topological polar surface area (TPSA) is 69.5 Å². The number of pyridine rings is 1. The first-order valence-corrected chi connectivity index (χ1v) is 14.6. The van der Waals surface area contributed by atoms with Gasteiger partial charge in [-0.2, -0.15) is 5.10 Å². The van der Waals surface area contributed by atoms with Crippen LogP contribution in [0.2, 0.25) is 0 Å². The zero-order chi connectivity index (χ0) is 25.6. The second-order valence-electron chi connectivity index (χ2n) is 11.8. The standard InChI is InChI=1S/C29H36N6OS/c1-15(2)24-25-18(5)27(21-10-20-9-19(21)11-34(20)13-23(36)33-7-6-8-33)37-29(25)32-26(24)22-12-35-28(30-14-31-35)17(4)16(22)3/h12,14-15,19-21,32H,6-11,13H2,1-5H3/t19-,20-,21?/m0/s1.